The second-order valence-corrected chi connectivity index (χ2v) is 10.4. The summed E-state index contributed by atoms with van der Waals surface area (Å²) in [6, 6.07) is 12.2. The number of methoxy groups -OCH3 is 1. The molecule has 0 unspecified atom stereocenters. The Morgan fingerprint density at radius 2 is 1.86 bits per heavy atom. The Morgan fingerprint density at radius 1 is 1.07 bits per heavy atom. The average Bonchev–Trinajstić information content (AvgIpc) is 3.46. The molecule has 0 bridgehead atoms. The zero-order chi connectivity index (χ0) is 30.6. The summed E-state index contributed by atoms with van der Waals surface area (Å²) in [6.45, 7) is 1.74. The van der Waals surface area contributed by atoms with Crippen molar-refractivity contribution in [3.63, 3.8) is 0 Å². The third kappa shape index (κ3) is 5.90. The van der Waals surface area contributed by atoms with Crippen LogP contribution in [0.2, 0.25) is 0 Å². The highest BCUT2D eigenvalue weighted by atomic mass is 32.2. The molecule has 3 aromatic heterocycles. The monoisotopic (exact) mass is 602 g/mol. The van der Waals surface area contributed by atoms with E-state index in [0.29, 0.717) is 10.4 Å². The lowest BCUT2D eigenvalue weighted by molar-refractivity contribution is -0.437. The highest BCUT2D eigenvalue weighted by Crippen LogP contribution is 2.43. The fourth-order valence-corrected chi connectivity index (χ4v) is 4.63. The number of ether oxygens (including phenoxy) is 3. The topological polar surface area (TPSA) is 227 Å². The van der Waals surface area contributed by atoms with Crippen molar-refractivity contribution in [2.75, 3.05) is 20.3 Å². The quantitative estimate of drug-likeness (QED) is 0.194. The van der Waals surface area contributed by atoms with Gasteiger partial charge in [-0.05, 0) is 47.8 Å². The molecule has 4 heterocycles. The lowest BCUT2D eigenvalue weighted by atomic mass is 10.2. The van der Waals surface area contributed by atoms with Crippen molar-refractivity contribution < 1.29 is 31.5 Å². The fourth-order valence-electron chi connectivity index (χ4n) is 3.67. The summed E-state index contributed by atoms with van der Waals surface area (Å²) in [7, 11) is -3.28. The van der Waals surface area contributed by atoms with Gasteiger partial charge >= 0.3 is 21.7 Å². The zero-order valence-corrected chi connectivity index (χ0v) is 23.5. The maximum absolute atomic E-state index is 13.5. The number of amidine groups is 1. The minimum absolute atomic E-state index is 0.0588. The largest absolute Gasteiger partial charge is 0.594 e. The molecule has 0 radical (unpaired) electrons. The number of nitrogens with zero attached hydrogens (tertiary/aromatic N) is 11. The first-order chi connectivity index (χ1) is 20.7. The molecule has 43 heavy (non-hydrogen) atoms. The van der Waals surface area contributed by atoms with E-state index in [2.05, 4.69) is 35.5 Å². The summed E-state index contributed by atoms with van der Waals surface area (Å²) in [6.07, 6.45) is 2.70. The van der Waals surface area contributed by atoms with Crippen LogP contribution < -0.4 is 19.9 Å². The molecule has 1 aliphatic rings. The number of nitrogens with two attached hydrogens (primary N) is 1. The van der Waals surface area contributed by atoms with Crippen LogP contribution in [-0.4, -0.2) is 63.4 Å². The summed E-state index contributed by atoms with van der Waals surface area (Å²) < 4.78 is 44.2. The number of benzene rings is 1. The maximum atomic E-state index is 13.5. The molecular formula is C25H22N12O5S. The molecule has 0 saturated heterocycles. The van der Waals surface area contributed by atoms with Gasteiger partial charge < -0.3 is 25.5 Å². The number of hydrogen-bond acceptors (Lipinski definition) is 12. The van der Waals surface area contributed by atoms with E-state index in [4.69, 9.17) is 19.9 Å². The van der Waals surface area contributed by atoms with E-state index < -0.39 is 20.9 Å². The minimum atomic E-state index is -4.70. The van der Waals surface area contributed by atoms with Gasteiger partial charge in [-0.25, -0.2) is 14.1 Å². The molecule has 5 rings (SSSR count). The van der Waals surface area contributed by atoms with Crippen molar-refractivity contribution in [3.05, 3.63) is 83.2 Å². The van der Waals surface area contributed by atoms with Gasteiger partial charge in [0.05, 0.1) is 17.4 Å². The molecule has 4 aromatic rings. The van der Waals surface area contributed by atoms with Crippen LogP contribution in [0.4, 0.5) is 5.82 Å². The highest BCUT2D eigenvalue weighted by Gasteiger charge is 2.34. The van der Waals surface area contributed by atoms with Crippen LogP contribution in [0.3, 0.4) is 0 Å². The third-order valence-corrected chi connectivity index (χ3v) is 7.11. The molecule has 0 atom stereocenters. The number of pyridine rings is 2. The van der Waals surface area contributed by atoms with Gasteiger partial charge in [-0.15, -0.1) is 0 Å². The molecule has 0 saturated carbocycles. The number of hydrogen-bond donors (Lipinski definition) is 1. The molecule has 0 fully saturated rings. The van der Waals surface area contributed by atoms with E-state index >= 15 is 0 Å². The normalized spacial score (nSPS) is 12.6. The van der Waals surface area contributed by atoms with Gasteiger partial charge in [0.25, 0.3) is 17.5 Å². The van der Waals surface area contributed by atoms with Gasteiger partial charge in [-0.3, -0.25) is 5.53 Å². The Balaban J connectivity index is 1.72. The number of para-hydroxylation sites is 2. The first kappa shape index (κ1) is 28.9. The van der Waals surface area contributed by atoms with Crippen molar-refractivity contribution >= 4 is 21.7 Å². The van der Waals surface area contributed by atoms with Crippen LogP contribution in [0.25, 0.3) is 22.5 Å². The second-order valence-electron chi connectivity index (χ2n) is 8.64. The van der Waals surface area contributed by atoms with Crippen molar-refractivity contribution in [2.24, 2.45) is 21.3 Å². The van der Waals surface area contributed by atoms with Crippen molar-refractivity contribution in [1.29, 1.82) is 0 Å². The van der Waals surface area contributed by atoms with Crippen LogP contribution in [0.1, 0.15) is 11.3 Å². The van der Waals surface area contributed by atoms with E-state index in [-0.39, 0.29) is 63.3 Å². The van der Waals surface area contributed by atoms with E-state index in [9.17, 15) is 19.5 Å². The Kier molecular flexibility index (Phi) is 8.12. The summed E-state index contributed by atoms with van der Waals surface area (Å²) >= 11 is 0. The first-order valence-electron chi connectivity index (χ1n) is 12.4. The van der Waals surface area contributed by atoms with Crippen LogP contribution >= 0.6 is 0 Å². The molecule has 0 spiro atoms. The van der Waals surface area contributed by atoms with Crippen molar-refractivity contribution in [2.45, 2.75) is 11.9 Å². The Morgan fingerprint density at radius 3 is 2.53 bits per heavy atom. The zero-order valence-electron chi connectivity index (χ0n) is 22.6. The Labute approximate surface area is 244 Å². The van der Waals surface area contributed by atoms with Gasteiger partial charge in [0.2, 0.25) is 0 Å². The van der Waals surface area contributed by atoms with Crippen LogP contribution in [-0.2, 0) is 10.0 Å². The Bertz CT molecular complexity index is 1900. The lowest BCUT2D eigenvalue weighted by Gasteiger charge is -2.16. The molecule has 17 nitrogen and oxygen atoms in total. The van der Waals surface area contributed by atoms with E-state index in [1.165, 1.54) is 43.8 Å². The number of sulfonamides is 1. The van der Waals surface area contributed by atoms with Crippen molar-refractivity contribution in [1.82, 2.24) is 19.9 Å². The Hall–Kier alpha value is -5.62. The van der Waals surface area contributed by atoms with Gasteiger partial charge in [0.15, 0.2) is 16.5 Å². The van der Waals surface area contributed by atoms with E-state index in [1.807, 2.05) is 0 Å². The molecule has 0 aliphatic carbocycles. The molecule has 1 aliphatic heterocycles. The maximum Gasteiger partial charge on any atom is 0.374 e. The smallest absolute Gasteiger partial charge is 0.374 e. The predicted molar refractivity (Wildman–Crippen MR) is 147 cm³/mol. The average molecular weight is 603 g/mol. The molecule has 2 N–H and O–H groups in total. The second kappa shape index (κ2) is 12.1. The lowest BCUT2D eigenvalue weighted by Crippen LogP contribution is -2.18. The minimum Gasteiger partial charge on any atom is -0.594 e. The number of rotatable bonds is 11. The summed E-state index contributed by atoms with van der Waals surface area (Å²) in [5.74, 6) is -1.02. The van der Waals surface area contributed by atoms with Gasteiger partial charge in [-0.2, -0.15) is 18.2 Å². The fraction of sp³-hybridized carbons (Fsp3) is 0.160. The predicted octanol–water partition coefficient (Wildman–Crippen LogP) is 3.51. The molecule has 18 heteroatoms. The summed E-state index contributed by atoms with van der Waals surface area (Å²) in [5.41, 5.74) is 27.9. The van der Waals surface area contributed by atoms with Crippen LogP contribution in [0.5, 0.6) is 23.1 Å². The van der Waals surface area contributed by atoms with Crippen LogP contribution in [0, 0.1) is 6.92 Å². The molecule has 218 valence electrons. The standard InChI is InChI=1S/C25H22N12O5S/c1-15-7-8-20(30-14-15)43(38,39)37(28)24-21(42-19-6-4-3-5-18(19)40-2)25(41-12-10-26)32-22(31-24)16-9-11-29-17(13-16)23-33-34-35-36(23)27/h3-9,11,13-14H,10,12,26H2,1-2H3. The third-order valence-electron chi connectivity index (χ3n) is 5.71. The van der Waals surface area contributed by atoms with Gasteiger partial charge in [0, 0.05) is 24.5 Å². The van der Waals surface area contributed by atoms with Crippen molar-refractivity contribution in [3.8, 4) is 34.5 Å². The number of aromatic nitrogens is 4. The van der Waals surface area contributed by atoms with E-state index in [0.717, 1.165) is 0 Å². The molecule has 0 amide bonds. The summed E-state index contributed by atoms with van der Waals surface area (Å²) in [5, 5.41) is 10.0. The SMILES string of the molecule is COc1ccccc1Oc1c(OCCN)nc(-c2ccnc(C3=NN=N[N+]3=[N-])c2)nc1[N+](=[N-])S(=O)(=O)c1ccc(C)cn1. The highest BCUT2D eigenvalue weighted by molar-refractivity contribution is 7.85. The van der Waals surface area contributed by atoms with Gasteiger partial charge in [-0.1, -0.05) is 23.4 Å². The van der Waals surface area contributed by atoms with Gasteiger partial charge in [0.1, 0.15) is 12.3 Å². The number of aryl methyl sites for hydroxylation is 1. The first-order valence-corrected chi connectivity index (χ1v) is 13.8. The molecular weight excluding hydrogens is 580 g/mol. The molecule has 1 aromatic carbocycles. The van der Waals surface area contributed by atoms with E-state index in [1.54, 1.807) is 31.2 Å². The summed E-state index contributed by atoms with van der Waals surface area (Å²) in [4.78, 5) is 17.3. The van der Waals surface area contributed by atoms with Crippen LogP contribution in [0.15, 0.2) is 81.5 Å².